The van der Waals surface area contributed by atoms with Gasteiger partial charge in [0.15, 0.2) is 12.1 Å². The first-order valence-corrected chi connectivity index (χ1v) is 6.75. The van der Waals surface area contributed by atoms with Crippen molar-refractivity contribution in [3.8, 4) is 0 Å². The lowest BCUT2D eigenvalue weighted by Crippen LogP contribution is -2.58. The van der Waals surface area contributed by atoms with Crippen LogP contribution in [-0.4, -0.2) is 46.5 Å². The summed E-state index contributed by atoms with van der Waals surface area (Å²) < 4.78 is 44.4. The third-order valence-electron chi connectivity index (χ3n) is 3.58. The fraction of sp³-hybridized carbons (Fsp3) is 0.615. The second kappa shape index (κ2) is 5.98. The van der Waals surface area contributed by atoms with Gasteiger partial charge in [-0.25, -0.2) is 4.98 Å². The highest BCUT2D eigenvalue weighted by atomic mass is 19.4. The monoisotopic (exact) mass is 319 g/mol. The Morgan fingerprint density at radius 2 is 2.09 bits per heavy atom. The van der Waals surface area contributed by atoms with Crippen LogP contribution < -0.4 is 5.32 Å². The number of aromatic nitrogens is 1. The van der Waals surface area contributed by atoms with Crippen LogP contribution >= 0.6 is 0 Å². The van der Waals surface area contributed by atoms with Gasteiger partial charge in [0.05, 0.1) is 0 Å². The minimum absolute atomic E-state index is 0.141. The number of likely N-dealkylation sites (tertiary alicyclic amines) is 1. The van der Waals surface area contributed by atoms with Crippen LogP contribution in [0.3, 0.4) is 0 Å². The average Bonchev–Trinajstić information content (AvgIpc) is 2.82. The van der Waals surface area contributed by atoms with E-state index in [1.807, 2.05) is 0 Å². The number of carbonyl (C=O) groups is 2. The van der Waals surface area contributed by atoms with E-state index in [4.69, 9.17) is 4.42 Å². The number of aryl methyl sites for hydroxylation is 1. The lowest BCUT2D eigenvalue weighted by molar-refractivity contribution is -0.184. The number of carbonyl (C=O) groups excluding carboxylic acids is 2. The first-order chi connectivity index (χ1) is 10.2. The van der Waals surface area contributed by atoms with E-state index in [0.29, 0.717) is 0 Å². The van der Waals surface area contributed by atoms with Crippen LogP contribution in [-0.2, 0) is 4.79 Å². The molecule has 22 heavy (non-hydrogen) atoms. The van der Waals surface area contributed by atoms with Crippen molar-refractivity contribution >= 4 is 11.8 Å². The predicted octanol–water partition coefficient (Wildman–Crippen LogP) is 1.65. The van der Waals surface area contributed by atoms with Crippen molar-refractivity contribution in [3.63, 3.8) is 0 Å². The molecule has 2 rings (SSSR count). The van der Waals surface area contributed by atoms with Crippen molar-refractivity contribution in [2.24, 2.45) is 0 Å². The number of amides is 2. The number of hydrogen-bond acceptors (Lipinski definition) is 4. The molecule has 2 amide bonds. The molecule has 1 N–H and O–H groups in total. The van der Waals surface area contributed by atoms with Gasteiger partial charge >= 0.3 is 6.18 Å². The fourth-order valence-electron chi connectivity index (χ4n) is 2.59. The molecule has 1 saturated heterocycles. The highest BCUT2D eigenvalue weighted by Crippen LogP contribution is 2.33. The summed E-state index contributed by atoms with van der Waals surface area (Å²) in [7, 11) is 0. The van der Waals surface area contributed by atoms with Gasteiger partial charge in [0.1, 0.15) is 11.8 Å². The molecular weight excluding hydrogens is 303 g/mol. The summed E-state index contributed by atoms with van der Waals surface area (Å²) in [5, 5.41) is 2.55. The van der Waals surface area contributed by atoms with Crippen molar-refractivity contribution in [1.29, 1.82) is 0 Å². The summed E-state index contributed by atoms with van der Waals surface area (Å²) >= 11 is 0. The molecule has 6 nitrogen and oxygen atoms in total. The summed E-state index contributed by atoms with van der Waals surface area (Å²) in [5.41, 5.74) is -0.141. The predicted molar refractivity (Wildman–Crippen MR) is 69.0 cm³/mol. The first kappa shape index (κ1) is 16.3. The van der Waals surface area contributed by atoms with E-state index < -0.39 is 24.2 Å². The van der Waals surface area contributed by atoms with Crippen molar-refractivity contribution < 1.29 is 27.2 Å². The Balaban J connectivity index is 2.25. The van der Waals surface area contributed by atoms with Crippen LogP contribution in [0.25, 0.3) is 0 Å². The lowest BCUT2D eigenvalue weighted by Gasteiger charge is -2.40. The third kappa shape index (κ3) is 3.40. The van der Waals surface area contributed by atoms with E-state index >= 15 is 0 Å². The molecular formula is C13H16F3N3O3. The molecule has 2 atom stereocenters. The maximum absolute atomic E-state index is 13.2. The van der Waals surface area contributed by atoms with Crippen LogP contribution in [0.2, 0.25) is 0 Å². The van der Waals surface area contributed by atoms with Crippen LogP contribution in [0.5, 0.6) is 0 Å². The largest absolute Gasteiger partial charge is 0.448 e. The Morgan fingerprint density at radius 3 is 2.59 bits per heavy atom. The number of piperidine rings is 1. The number of alkyl halides is 3. The van der Waals surface area contributed by atoms with Gasteiger partial charge in [0, 0.05) is 19.5 Å². The van der Waals surface area contributed by atoms with Crippen molar-refractivity contribution in [2.75, 3.05) is 6.54 Å². The van der Waals surface area contributed by atoms with Gasteiger partial charge in [-0.1, -0.05) is 0 Å². The molecule has 1 aromatic rings. The zero-order valence-corrected chi connectivity index (χ0v) is 12.1. The van der Waals surface area contributed by atoms with Crippen LogP contribution in [0.1, 0.15) is 36.0 Å². The fourth-order valence-corrected chi connectivity index (χ4v) is 2.59. The highest BCUT2D eigenvalue weighted by molar-refractivity contribution is 5.93. The van der Waals surface area contributed by atoms with E-state index in [1.54, 1.807) is 0 Å². The van der Waals surface area contributed by atoms with Gasteiger partial charge in [-0.15, -0.1) is 0 Å². The van der Waals surface area contributed by atoms with E-state index in [9.17, 15) is 22.8 Å². The molecule has 2 heterocycles. The summed E-state index contributed by atoms with van der Waals surface area (Å²) in [6.07, 6.45) is -3.63. The van der Waals surface area contributed by atoms with E-state index in [1.165, 1.54) is 13.8 Å². The number of rotatable bonds is 2. The van der Waals surface area contributed by atoms with Gasteiger partial charge in [-0.2, -0.15) is 13.2 Å². The molecule has 1 fully saturated rings. The summed E-state index contributed by atoms with van der Waals surface area (Å²) in [6, 6.07) is -2.40. The zero-order chi connectivity index (χ0) is 16.5. The maximum Gasteiger partial charge on any atom is 0.408 e. The Hall–Kier alpha value is -2.06. The van der Waals surface area contributed by atoms with Gasteiger partial charge in [-0.05, 0) is 19.8 Å². The van der Waals surface area contributed by atoms with Crippen molar-refractivity contribution in [3.05, 3.63) is 17.8 Å². The standard InChI is InChI=1S/C13H16F3N3O3/c1-7-11(17-6-22-7)12(21)19-5-9(18-8(2)20)3-4-10(19)13(14,15)16/h6,9-10H,3-5H2,1-2H3,(H,18,20)/t9-,10-/m1/s1. The second-order valence-corrected chi connectivity index (χ2v) is 5.25. The highest BCUT2D eigenvalue weighted by Gasteiger charge is 2.48. The molecule has 0 bridgehead atoms. The molecule has 1 aromatic heterocycles. The summed E-state index contributed by atoms with van der Waals surface area (Å²) in [4.78, 5) is 27.8. The Bertz CT molecular complexity index is 570. The molecule has 122 valence electrons. The summed E-state index contributed by atoms with van der Waals surface area (Å²) in [6.45, 7) is 2.52. The number of oxazole rings is 1. The SMILES string of the molecule is CC(=O)N[C@@H]1CC[C@H](C(F)(F)F)N(C(=O)c2ncoc2C)C1. The van der Waals surface area contributed by atoms with Crippen molar-refractivity contribution in [1.82, 2.24) is 15.2 Å². The molecule has 0 saturated carbocycles. The number of halogens is 3. The van der Waals surface area contributed by atoms with Crippen LogP contribution in [0, 0.1) is 6.92 Å². The maximum atomic E-state index is 13.2. The molecule has 0 unspecified atom stereocenters. The van der Waals surface area contributed by atoms with E-state index in [-0.39, 0.29) is 36.7 Å². The minimum Gasteiger partial charge on any atom is -0.448 e. The summed E-state index contributed by atoms with van der Waals surface area (Å²) in [5.74, 6) is -1.03. The third-order valence-corrected chi connectivity index (χ3v) is 3.58. The average molecular weight is 319 g/mol. The molecule has 0 radical (unpaired) electrons. The lowest BCUT2D eigenvalue weighted by atomic mass is 9.97. The van der Waals surface area contributed by atoms with Crippen molar-refractivity contribution in [2.45, 2.75) is 44.9 Å². The molecule has 1 aliphatic heterocycles. The second-order valence-electron chi connectivity index (χ2n) is 5.25. The van der Waals surface area contributed by atoms with E-state index in [0.717, 1.165) is 11.3 Å². The molecule has 0 aromatic carbocycles. The Kier molecular flexibility index (Phi) is 4.43. The topological polar surface area (TPSA) is 75.4 Å². The minimum atomic E-state index is -4.53. The van der Waals surface area contributed by atoms with E-state index in [2.05, 4.69) is 10.3 Å². The quantitative estimate of drug-likeness (QED) is 0.899. The Labute approximate surface area is 124 Å². The molecule has 0 aliphatic carbocycles. The van der Waals surface area contributed by atoms with Crippen LogP contribution in [0.4, 0.5) is 13.2 Å². The molecule has 1 aliphatic rings. The first-order valence-electron chi connectivity index (χ1n) is 6.75. The van der Waals surface area contributed by atoms with Crippen LogP contribution in [0.15, 0.2) is 10.8 Å². The van der Waals surface area contributed by atoms with Gasteiger partial charge < -0.3 is 14.6 Å². The van der Waals surface area contributed by atoms with Gasteiger partial charge in [-0.3, -0.25) is 9.59 Å². The number of nitrogens with one attached hydrogen (secondary N) is 1. The van der Waals surface area contributed by atoms with Gasteiger partial charge in [0.2, 0.25) is 5.91 Å². The Morgan fingerprint density at radius 1 is 1.41 bits per heavy atom. The zero-order valence-electron chi connectivity index (χ0n) is 12.1. The number of hydrogen-bond donors (Lipinski definition) is 1. The smallest absolute Gasteiger partial charge is 0.408 e. The number of nitrogens with zero attached hydrogens (tertiary/aromatic N) is 2. The molecule has 0 spiro atoms. The molecule has 9 heteroatoms. The van der Waals surface area contributed by atoms with Gasteiger partial charge in [0.25, 0.3) is 5.91 Å². The normalized spacial score (nSPS) is 22.5.